The zero-order chi connectivity index (χ0) is 65.2. The number of hydrogen-bond acceptors (Lipinski definition) is 12. The Balaban J connectivity index is 0.000000176. The van der Waals surface area contributed by atoms with Crippen LogP contribution in [0.4, 0.5) is 0 Å². The summed E-state index contributed by atoms with van der Waals surface area (Å²) in [6, 6.07) is 47.8. The highest BCUT2D eigenvalue weighted by Gasteiger charge is 2.41. The Hall–Kier alpha value is -7.68. The fourth-order valence-electron chi connectivity index (χ4n) is 14.4. The molecule has 12 nitrogen and oxygen atoms in total. The third-order valence-corrected chi connectivity index (χ3v) is 17.1. The Labute approximate surface area is 543 Å². The number of rotatable bonds is 16. The van der Waals surface area contributed by atoms with E-state index in [9.17, 15) is 24.9 Å². The lowest BCUT2D eigenvalue weighted by Gasteiger charge is -2.46. The van der Waals surface area contributed by atoms with E-state index in [0.29, 0.717) is 92.3 Å². The van der Waals surface area contributed by atoms with Crippen molar-refractivity contribution >= 4 is 40.6 Å². The van der Waals surface area contributed by atoms with Crippen molar-refractivity contribution in [2.75, 3.05) is 0 Å². The summed E-state index contributed by atoms with van der Waals surface area (Å²) in [4.78, 5) is 42.9. The topological polar surface area (TPSA) is 175 Å². The standard InChI is InChI=1S/C29H30ClN3O2.C24H27ClN2O2.C23H29NO2/c1-28(2)15-19(16-29(3,4)33-28)13-25(34)20-10-11-27(24(30)14-20)35-26-9-5-8-22(23(26)17-31)21-7-6-12-32-18-21;1-23(2)13-16(14-24(3,4)27-23)11-20(28)17-9-10-22(19(25)12-17)29-21-8-6-5-7-18(21)15-26;1-22(2)15-17(16-23(3,4)24-22)14-21(25)18-10-12-20(13-11-18)26-19-8-6-5-7-9-19/h5-12,14,18-19,33H,13,15-16H2,1-4H3;5-10,12,16,27H,11,13-14H2,1-4H3;5-13,17,24H,14-16H2,1-4H3. The molecule has 14 heteroatoms. The molecule has 3 aliphatic rings. The maximum absolute atomic E-state index is 13.1. The highest BCUT2D eigenvalue weighted by atomic mass is 35.5. The number of para-hydroxylation sites is 2. The van der Waals surface area contributed by atoms with Gasteiger partial charge in [-0.05, 0) is 236 Å². The van der Waals surface area contributed by atoms with Crippen LogP contribution in [0.1, 0.15) is 183 Å². The Morgan fingerprint density at radius 2 is 0.867 bits per heavy atom. The van der Waals surface area contributed by atoms with Crippen molar-refractivity contribution in [3.8, 4) is 57.8 Å². The summed E-state index contributed by atoms with van der Waals surface area (Å²) < 4.78 is 17.6. The summed E-state index contributed by atoms with van der Waals surface area (Å²) >= 11 is 12.9. The number of hydrogen-bond donors (Lipinski definition) is 3. The fourth-order valence-corrected chi connectivity index (χ4v) is 14.8. The molecule has 6 aromatic carbocycles. The van der Waals surface area contributed by atoms with E-state index in [-0.39, 0.29) is 50.6 Å². The number of nitrogens with one attached hydrogen (secondary N) is 3. The van der Waals surface area contributed by atoms with E-state index in [2.05, 4.69) is 116 Å². The highest BCUT2D eigenvalue weighted by Crippen LogP contribution is 2.41. The Morgan fingerprint density at radius 3 is 1.30 bits per heavy atom. The van der Waals surface area contributed by atoms with E-state index in [0.717, 1.165) is 66.7 Å². The van der Waals surface area contributed by atoms with Crippen LogP contribution < -0.4 is 30.2 Å². The smallest absolute Gasteiger partial charge is 0.163 e. The summed E-state index contributed by atoms with van der Waals surface area (Å²) in [7, 11) is 0. The minimum Gasteiger partial charge on any atom is -0.457 e. The number of carbonyl (C=O) groups is 3. The van der Waals surface area contributed by atoms with Gasteiger partial charge in [-0.1, -0.05) is 71.7 Å². The molecule has 0 atom stereocenters. The quantitative estimate of drug-likeness (QED) is 0.0782. The third kappa shape index (κ3) is 19.4. The molecule has 0 aliphatic carbocycles. The second-order valence-corrected chi connectivity index (χ2v) is 29.3. The van der Waals surface area contributed by atoms with E-state index in [1.54, 1.807) is 79.1 Å². The number of aromatic nitrogens is 1. The van der Waals surface area contributed by atoms with Gasteiger partial charge in [-0.25, -0.2) is 0 Å². The van der Waals surface area contributed by atoms with Gasteiger partial charge in [-0.15, -0.1) is 0 Å². The molecule has 0 unspecified atom stereocenters. The number of halogens is 2. The van der Waals surface area contributed by atoms with Gasteiger partial charge >= 0.3 is 0 Å². The van der Waals surface area contributed by atoms with Crippen LogP contribution in [0.2, 0.25) is 10.0 Å². The molecule has 4 heterocycles. The molecule has 3 saturated heterocycles. The summed E-state index contributed by atoms with van der Waals surface area (Å²) in [6.45, 7) is 26.4. The van der Waals surface area contributed by atoms with Crippen LogP contribution in [0.15, 0.2) is 158 Å². The van der Waals surface area contributed by atoms with Gasteiger partial charge in [0.05, 0.1) is 15.6 Å². The first kappa shape index (κ1) is 68.2. The van der Waals surface area contributed by atoms with E-state index in [4.69, 9.17) is 37.4 Å². The molecule has 0 radical (unpaired) electrons. The molecule has 0 saturated carbocycles. The van der Waals surface area contributed by atoms with E-state index in [1.165, 1.54) is 0 Å². The van der Waals surface area contributed by atoms with Crippen LogP contribution in [0.3, 0.4) is 0 Å². The van der Waals surface area contributed by atoms with Crippen LogP contribution in [0.5, 0.6) is 34.5 Å². The molecule has 0 amide bonds. The summed E-state index contributed by atoms with van der Waals surface area (Å²) in [5.41, 5.74) is 4.44. The van der Waals surface area contributed by atoms with Gasteiger partial charge in [0, 0.05) is 92.7 Å². The first-order valence-corrected chi connectivity index (χ1v) is 31.8. The fraction of sp³-hybridized carbons (Fsp3) is 0.395. The molecule has 3 aliphatic heterocycles. The van der Waals surface area contributed by atoms with Crippen LogP contribution in [0, 0.1) is 40.4 Å². The summed E-state index contributed by atoms with van der Waals surface area (Å²) in [6.07, 6.45) is 10.8. The maximum Gasteiger partial charge on any atom is 0.163 e. The second kappa shape index (κ2) is 28.6. The number of benzene rings is 6. The van der Waals surface area contributed by atoms with Gasteiger partial charge in [-0.2, -0.15) is 10.5 Å². The molecule has 10 rings (SSSR count). The van der Waals surface area contributed by atoms with Crippen molar-refractivity contribution in [3.63, 3.8) is 0 Å². The number of nitriles is 2. The summed E-state index contributed by atoms with van der Waals surface area (Å²) in [5.74, 6) is 4.63. The van der Waals surface area contributed by atoms with Gasteiger partial charge in [-0.3, -0.25) is 19.4 Å². The zero-order valence-corrected chi connectivity index (χ0v) is 55.7. The van der Waals surface area contributed by atoms with Crippen LogP contribution in [0.25, 0.3) is 11.1 Å². The molecule has 0 bridgehead atoms. The normalized spacial score (nSPS) is 17.9. The first-order chi connectivity index (χ1) is 42.4. The number of ether oxygens (including phenoxy) is 3. The van der Waals surface area contributed by atoms with Gasteiger partial charge in [0.2, 0.25) is 0 Å². The minimum atomic E-state index is -0.00909. The second-order valence-electron chi connectivity index (χ2n) is 28.5. The lowest BCUT2D eigenvalue weighted by atomic mass is 9.74. The van der Waals surface area contributed by atoms with Gasteiger partial charge < -0.3 is 30.2 Å². The van der Waals surface area contributed by atoms with Crippen LogP contribution in [-0.2, 0) is 0 Å². The molecule has 7 aromatic rings. The van der Waals surface area contributed by atoms with Gasteiger partial charge in [0.15, 0.2) is 17.3 Å². The predicted molar refractivity (Wildman–Crippen MR) is 360 cm³/mol. The van der Waals surface area contributed by atoms with E-state index in [1.807, 2.05) is 78.9 Å². The van der Waals surface area contributed by atoms with Crippen molar-refractivity contribution in [1.29, 1.82) is 10.5 Å². The monoisotopic (exact) mass is 1250 g/mol. The van der Waals surface area contributed by atoms with Gasteiger partial charge in [0.1, 0.15) is 52.2 Å². The molecular weight excluding hydrogens is 1160 g/mol. The number of Topliss-reactive ketones (excluding diaryl/α,β-unsaturated/α-hetero) is 3. The number of pyridine rings is 1. The van der Waals surface area contributed by atoms with Crippen molar-refractivity contribution in [2.24, 2.45) is 17.8 Å². The molecule has 3 N–H and O–H groups in total. The van der Waals surface area contributed by atoms with E-state index < -0.39 is 0 Å². The average Bonchev–Trinajstić information content (AvgIpc) is 1.15. The van der Waals surface area contributed by atoms with Crippen LogP contribution in [-0.4, -0.2) is 55.6 Å². The third-order valence-electron chi connectivity index (χ3n) is 16.5. The van der Waals surface area contributed by atoms with E-state index >= 15 is 0 Å². The van der Waals surface area contributed by atoms with Crippen molar-refractivity contribution in [2.45, 2.75) is 174 Å². The molecule has 90 heavy (non-hydrogen) atoms. The molecule has 1 aromatic heterocycles. The minimum absolute atomic E-state index is 0.00909. The number of nitrogens with zero attached hydrogens (tertiary/aromatic N) is 3. The highest BCUT2D eigenvalue weighted by molar-refractivity contribution is 6.33. The van der Waals surface area contributed by atoms with Crippen LogP contribution >= 0.6 is 23.2 Å². The SMILES string of the molecule is CC1(C)CC(CC(=O)c2ccc(Oc3cccc(-c4cccnc4)c3C#N)c(Cl)c2)CC(C)(C)N1.CC1(C)CC(CC(=O)c2ccc(Oc3ccccc3)cc2)CC(C)(C)N1.CC1(C)CC(CC(=O)c2ccc(Oc3ccccc3C#N)c(Cl)c2)CC(C)(C)N1. The number of piperidine rings is 3. The zero-order valence-electron chi connectivity index (χ0n) is 54.2. The Morgan fingerprint density at radius 1 is 0.456 bits per heavy atom. The molecule has 3 fully saturated rings. The van der Waals surface area contributed by atoms with Crippen molar-refractivity contribution in [3.05, 3.63) is 196 Å². The maximum atomic E-state index is 13.1. The Bertz CT molecular complexity index is 3710. The first-order valence-electron chi connectivity index (χ1n) is 31.1. The number of ketones is 3. The lowest BCUT2D eigenvalue weighted by Crippen LogP contribution is -2.58. The summed E-state index contributed by atoms with van der Waals surface area (Å²) in [5, 5.41) is 30.7. The molecular formula is C76H86Cl2N6O6. The van der Waals surface area contributed by atoms with Crippen molar-refractivity contribution < 1.29 is 28.6 Å². The van der Waals surface area contributed by atoms with Crippen molar-refractivity contribution in [1.82, 2.24) is 20.9 Å². The largest absolute Gasteiger partial charge is 0.457 e. The molecule has 0 spiro atoms. The predicted octanol–water partition coefficient (Wildman–Crippen LogP) is 18.9. The van der Waals surface area contributed by atoms with Gasteiger partial charge in [0.25, 0.3) is 0 Å². The Kier molecular flexibility index (Phi) is 21.7. The molecule has 470 valence electrons. The lowest BCUT2D eigenvalue weighted by molar-refractivity contribution is 0.0852. The number of carbonyl (C=O) groups excluding carboxylic acids is 3. The average molecular weight is 1250 g/mol.